The van der Waals surface area contributed by atoms with Crippen molar-refractivity contribution in [1.82, 2.24) is 19.6 Å². The highest BCUT2D eigenvalue weighted by atomic mass is 16.5. The summed E-state index contributed by atoms with van der Waals surface area (Å²) in [5.41, 5.74) is 2.42. The van der Waals surface area contributed by atoms with Crippen molar-refractivity contribution < 1.29 is 23.9 Å². The fourth-order valence-corrected chi connectivity index (χ4v) is 7.34. The minimum absolute atomic E-state index is 0.00603. The van der Waals surface area contributed by atoms with Gasteiger partial charge in [-0.05, 0) is 62.7 Å². The maximum atomic E-state index is 13.4. The minimum atomic E-state index is -0.224. The Bertz CT molecular complexity index is 1650. The molecule has 0 aliphatic carbocycles. The van der Waals surface area contributed by atoms with Crippen molar-refractivity contribution in [2.24, 2.45) is 4.99 Å². The van der Waals surface area contributed by atoms with Gasteiger partial charge in [0.25, 0.3) is 17.7 Å². The topological polar surface area (TPSA) is 95.0 Å². The van der Waals surface area contributed by atoms with E-state index < -0.39 is 0 Å². The maximum absolute atomic E-state index is 13.4. The molecule has 10 heteroatoms. The molecule has 0 N–H and O–H groups in total. The molecule has 7 rings (SSSR count). The minimum Gasteiger partial charge on any atom is -0.493 e. The number of carbonyl (C=O) groups excluding carboxylic acids is 3. The van der Waals surface area contributed by atoms with Gasteiger partial charge in [0.05, 0.1) is 37.1 Å². The normalized spacial score (nSPS) is 20.6. The predicted octanol–water partition coefficient (Wildman–Crippen LogP) is 4.63. The third-order valence-electron chi connectivity index (χ3n) is 9.82. The molecule has 3 amide bonds. The van der Waals surface area contributed by atoms with Crippen molar-refractivity contribution in [3.63, 3.8) is 0 Å². The molecule has 240 valence electrons. The van der Waals surface area contributed by atoms with Crippen LogP contribution >= 0.6 is 0 Å². The summed E-state index contributed by atoms with van der Waals surface area (Å²) >= 11 is 0. The van der Waals surface area contributed by atoms with Crippen molar-refractivity contribution >= 4 is 40.4 Å². The first-order valence-electron chi connectivity index (χ1n) is 16.5. The molecule has 4 heterocycles. The third kappa shape index (κ3) is 5.64. The number of piperazine rings is 1. The van der Waals surface area contributed by atoms with Crippen molar-refractivity contribution in [3.05, 3.63) is 65.2 Å². The molecule has 4 aliphatic heterocycles. The highest BCUT2D eigenvalue weighted by Crippen LogP contribution is 2.38. The average Bonchev–Trinajstić information content (AvgIpc) is 3.50. The molecule has 4 aliphatic rings. The first-order chi connectivity index (χ1) is 22.4. The molecule has 46 heavy (non-hydrogen) atoms. The third-order valence-corrected chi connectivity index (χ3v) is 9.82. The largest absolute Gasteiger partial charge is 0.493 e. The monoisotopic (exact) mass is 623 g/mol. The van der Waals surface area contributed by atoms with Gasteiger partial charge in [-0.1, -0.05) is 24.3 Å². The molecule has 10 nitrogen and oxygen atoms in total. The van der Waals surface area contributed by atoms with E-state index in [1.807, 2.05) is 60.5 Å². The number of amides is 3. The van der Waals surface area contributed by atoms with Crippen LogP contribution in [0.5, 0.6) is 11.5 Å². The molecule has 0 saturated carbocycles. The number of ether oxygens (including phenoxy) is 2. The summed E-state index contributed by atoms with van der Waals surface area (Å²) in [5, 5.41) is 1.69. The van der Waals surface area contributed by atoms with Crippen LogP contribution in [0.4, 0.5) is 5.69 Å². The van der Waals surface area contributed by atoms with Gasteiger partial charge in [0.2, 0.25) is 0 Å². The number of hydrogen-bond donors (Lipinski definition) is 0. The van der Waals surface area contributed by atoms with Gasteiger partial charge in [-0.3, -0.25) is 29.2 Å². The smallest absolute Gasteiger partial charge is 0.261 e. The summed E-state index contributed by atoms with van der Waals surface area (Å²) < 4.78 is 11.7. The van der Waals surface area contributed by atoms with Gasteiger partial charge in [0.1, 0.15) is 0 Å². The quantitative estimate of drug-likeness (QED) is 0.240. The molecule has 0 radical (unpaired) electrons. The lowest BCUT2D eigenvalue weighted by Gasteiger charge is -2.39. The Morgan fingerprint density at radius 2 is 1.57 bits per heavy atom. The second-order valence-corrected chi connectivity index (χ2v) is 12.7. The summed E-state index contributed by atoms with van der Waals surface area (Å²) in [6, 6.07) is 14.8. The maximum Gasteiger partial charge on any atom is 0.261 e. The number of unbranched alkanes of at least 4 members (excludes halogenated alkanes) is 1. The number of carbonyl (C=O) groups is 3. The number of hydrogen-bond acceptors (Lipinski definition) is 8. The Hall–Kier alpha value is -4.28. The van der Waals surface area contributed by atoms with Crippen molar-refractivity contribution in [3.8, 4) is 11.5 Å². The Morgan fingerprint density at radius 1 is 0.848 bits per heavy atom. The van der Waals surface area contributed by atoms with E-state index in [4.69, 9.17) is 9.47 Å². The van der Waals surface area contributed by atoms with Crippen LogP contribution < -0.4 is 9.47 Å². The number of nitrogens with zero attached hydrogens (tertiary/aromatic N) is 5. The summed E-state index contributed by atoms with van der Waals surface area (Å²) in [4.78, 5) is 52.7. The number of methoxy groups -OCH3 is 1. The van der Waals surface area contributed by atoms with Crippen LogP contribution in [0, 0.1) is 0 Å². The molecular formula is C36H41N5O5. The lowest BCUT2D eigenvalue weighted by molar-refractivity contribution is 0.0480. The van der Waals surface area contributed by atoms with E-state index in [1.165, 1.54) is 4.90 Å². The lowest BCUT2D eigenvalue weighted by atomic mass is 9.93. The molecule has 0 aromatic heterocycles. The van der Waals surface area contributed by atoms with E-state index in [-0.39, 0.29) is 29.8 Å². The van der Waals surface area contributed by atoms with E-state index in [0.717, 1.165) is 75.7 Å². The zero-order valence-electron chi connectivity index (χ0n) is 26.6. The zero-order valence-corrected chi connectivity index (χ0v) is 26.6. The van der Waals surface area contributed by atoms with Crippen molar-refractivity contribution in [1.29, 1.82) is 0 Å². The molecule has 1 unspecified atom stereocenters. The Labute approximate surface area is 269 Å². The van der Waals surface area contributed by atoms with E-state index >= 15 is 0 Å². The molecule has 3 aromatic rings. The summed E-state index contributed by atoms with van der Waals surface area (Å²) in [6.07, 6.45) is 5.73. The van der Waals surface area contributed by atoms with Gasteiger partial charge in [-0.15, -0.1) is 0 Å². The van der Waals surface area contributed by atoms with E-state index in [1.54, 1.807) is 13.2 Å². The second kappa shape index (κ2) is 12.8. The Balaban J connectivity index is 0.869. The fourth-order valence-electron chi connectivity index (χ4n) is 7.34. The first kappa shape index (κ1) is 30.4. The number of rotatable bonds is 10. The summed E-state index contributed by atoms with van der Waals surface area (Å²) in [5.74, 6) is 0.772. The van der Waals surface area contributed by atoms with Crippen LogP contribution in [-0.2, 0) is 0 Å². The zero-order chi connectivity index (χ0) is 31.8. The van der Waals surface area contributed by atoms with Gasteiger partial charge in [0, 0.05) is 68.1 Å². The van der Waals surface area contributed by atoms with Gasteiger partial charge < -0.3 is 19.3 Å². The first-order valence-corrected chi connectivity index (χ1v) is 16.5. The molecule has 0 bridgehead atoms. The Kier molecular flexibility index (Phi) is 8.48. The number of benzene rings is 3. The van der Waals surface area contributed by atoms with E-state index in [0.29, 0.717) is 47.0 Å². The van der Waals surface area contributed by atoms with Crippen LogP contribution in [0.3, 0.4) is 0 Å². The van der Waals surface area contributed by atoms with Gasteiger partial charge in [-0.25, -0.2) is 0 Å². The van der Waals surface area contributed by atoms with Crippen LogP contribution in [0.25, 0.3) is 10.8 Å². The van der Waals surface area contributed by atoms with Crippen LogP contribution in [0.2, 0.25) is 0 Å². The van der Waals surface area contributed by atoms with Gasteiger partial charge in [-0.2, -0.15) is 0 Å². The highest BCUT2D eigenvalue weighted by Gasteiger charge is 2.37. The van der Waals surface area contributed by atoms with E-state index in [9.17, 15) is 14.4 Å². The van der Waals surface area contributed by atoms with Gasteiger partial charge in [0.15, 0.2) is 11.5 Å². The number of fused-ring (bicyclic) bond motifs is 2. The molecule has 3 aromatic carbocycles. The standard InChI is InChI=1S/C36H41N5O5/c1-24(41-35(43)27-11-5-8-25-9-6-12-28(33(25)27)36(41)44)23-39-17-15-38(16-18-39)13-3-4-19-46-32-21-30-29(20-31(32)45-2)34(42)40-14-7-10-26(40)22-37-30/h5-6,8-9,11-12,20-22,24,26H,3-4,7,10,13-19,23H2,1-2H3/t24?,26-/m0/s1. The summed E-state index contributed by atoms with van der Waals surface area (Å²) in [7, 11) is 1.60. The molecule has 0 spiro atoms. The van der Waals surface area contributed by atoms with Crippen LogP contribution in [0.1, 0.15) is 63.7 Å². The highest BCUT2D eigenvalue weighted by molar-refractivity contribution is 6.25. The number of imide groups is 1. The van der Waals surface area contributed by atoms with Gasteiger partial charge >= 0.3 is 0 Å². The van der Waals surface area contributed by atoms with Crippen LogP contribution in [0.15, 0.2) is 53.5 Å². The predicted molar refractivity (Wildman–Crippen MR) is 177 cm³/mol. The Morgan fingerprint density at radius 3 is 2.28 bits per heavy atom. The molecule has 2 atom stereocenters. The second-order valence-electron chi connectivity index (χ2n) is 12.7. The average molecular weight is 624 g/mol. The SMILES string of the molecule is COc1cc2c(cc1OCCCCN1CCN(CC(C)N3C(=O)c4cccc5cccc(c45)C3=O)CC1)N=C[C@@H]1CCCN1C2=O. The molecular weight excluding hydrogens is 582 g/mol. The van der Waals surface area contributed by atoms with Crippen molar-refractivity contribution in [2.45, 2.75) is 44.7 Å². The fraction of sp³-hybridized carbons (Fsp3) is 0.444. The van der Waals surface area contributed by atoms with Crippen molar-refractivity contribution in [2.75, 3.05) is 59.5 Å². The number of aliphatic imine (C=N–C) groups is 1. The van der Waals surface area contributed by atoms with E-state index in [2.05, 4.69) is 14.8 Å². The lowest BCUT2D eigenvalue weighted by Crippen LogP contribution is -2.54. The van der Waals surface area contributed by atoms with Crippen LogP contribution in [-0.4, -0.2) is 115 Å². The summed E-state index contributed by atoms with van der Waals surface area (Å²) in [6.45, 7) is 8.61. The molecule has 2 fully saturated rings. The molecule has 2 saturated heterocycles.